The average Bonchev–Trinajstić information content (AvgIpc) is 2.73. The van der Waals surface area contributed by atoms with E-state index in [2.05, 4.69) is 17.0 Å². The highest BCUT2D eigenvalue weighted by Crippen LogP contribution is 2.07. The molecule has 0 saturated heterocycles. The fraction of sp³-hybridized carbons (Fsp3) is 0.455. The fourth-order valence-corrected chi connectivity index (χ4v) is 1.22. The van der Waals surface area contributed by atoms with Crippen molar-refractivity contribution in [3.8, 4) is 0 Å². The SMILES string of the molecule is C=Cn1cc(CNC(C)(C)C(=O)OC)cn1. The number of aromatic nitrogens is 2. The summed E-state index contributed by atoms with van der Waals surface area (Å²) in [6, 6.07) is 0. The second-order valence-electron chi connectivity index (χ2n) is 3.98. The Labute approximate surface area is 95.1 Å². The number of esters is 1. The summed E-state index contributed by atoms with van der Waals surface area (Å²) >= 11 is 0. The van der Waals surface area contributed by atoms with E-state index in [4.69, 9.17) is 4.74 Å². The molecule has 5 nitrogen and oxygen atoms in total. The molecule has 0 aliphatic heterocycles. The Morgan fingerprint density at radius 2 is 2.44 bits per heavy atom. The molecule has 5 heteroatoms. The molecule has 0 aliphatic rings. The molecular formula is C11H17N3O2. The number of nitrogens with zero attached hydrogens (tertiary/aromatic N) is 2. The van der Waals surface area contributed by atoms with E-state index in [0.29, 0.717) is 6.54 Å². The fourth-order valence-electron chi connectivity index (χ4n) is 1.22. The van der Waals surface area contributed by atoms with Crippen molar-refractivity contribution in [2.24, 2.45) is 0 Å². The van der Waals surface area contributed by atoms with Gasteiger partial charge in [-0.15, -0.1) is 0 Å². The Morgan fingerprint density at radius 1 is 1.75 bits per heavy atom. The van der Waals surface area contributed by atoms with Gasteiger partial charge in [0.05, 0.1) is 13.3 Å². The molecule has 0 fully saturated rings. The molecule has 0 bridgehead atoms. The first-order valence-corrected chi connectivity index (χ1v) is 4.98. The molecule has 1 aromatic heterocycles. The van der Waals surface area contributed by atoms with Gasteiger partial charge in [0.15, 0.2) is 0 Å². The van der Waals surface area contributed by atoms with Crippen LogP contribution in [0.2, 0.25) is 0 Å². The van der Waals surface area contributed by atoms with Crippen molar-refractivity contribution >= 4 is 12.2 Å². The summed E-state index contributed by atoms with van der Waals surface area (Å²) in [6.45, 7) is 7.70. The molecule has 88 valence electrons. The van der Waals surface area contributed by atoms with Gasteiger partial charge in [-0.3, -0.25) is 10.1 Å². The number of rotatable bonds is 5. The molecule has 0 saturated carbocycles. The lowest BCUT2D eigenvalue weighted by Gasteiger charge is -2.22. The third kappa shape index (κ3) is 2.93. The van der Waals surface area contributed by atoms with Crippen LogP contribution in [0.1, 0.15) is 19.4 Å². The number of hydrogen-bond donors (Lipinski definition) is 1. The number of carbonyl (C=O) groups is 1. The zero-order chi connectivity index (χ0) is 12.2. The first-order chi connectivity index (χ1) is 7.49. The minimum Gasteiger partial charge on any atom is -0.468 e. The first-order valence-electron chi connectivity index (χ1n) is 4.98. The van der Waals surface area contributed by atoms with Gasteiger partial charge in [-0.2, -0.15) is 5.10 Å². The van der Waals surface area contributed by atoms with Crippen molar-refractivity contribution in [2.45, 2.75) is 25.9 Å². The maximum absolute atomic E-state index is 11.4. The minimum atomic E-state index is -0.703. The molecule has 0 atom stereocenters. The van der Waals surface area contributed by atoms with Crippen molar-refractivity contribution in [1.82, 2.24) is 15.1 Å². The molecule has 0 spiro atoms. The van der Waals surface area contributed by atoms with Crippen LogP contribution in [-0.4, -0.2) is 28.4 Å². The van der Waals surface area contributed by atoms with Gasteiger partial charge in [0.1, 0.15) is 5.54 Å². The van der Waals surface area contributed by atoms with E-state index in [1.165, 1.54) is 7.11 Å². The molecule has 0 radical (unpaired) electrons. The van der Waals surface area contributed by atoms with E-state index in [1.807, 2.05) is 6.20 Å². The van der Waals surface area contributed by atoms with Crippen LogP contribution in [0.25, 0.3) is 6.20 Å². The third-order valence-electron chi connectivity index (χ3n) is 2.27. The van der Waals surface area contributed by atoms with Crippen molar-refractivity contribution in [3.63, 3.8) is 0 Å². The predicted molar refractivity (Wildman–Crippen MR) is 61.5 cm³/mol. The Bertz CT molecular complexity index is 382. The summed E-state index contributed by atoms with van der Waals surface area (Å²) < 4.78 is 6.30. The number of carbonyl (C=O) groups excluding carboxylic acids is 1. The third-order valence-corrected chi connectivity index (χ3v) is 2.27. The molecule has 1 heterocycles. The van der Waals surface area contributed by atoms with Crippen LogP contribution in [0.4, 0.5) is 0 Å². The van der Waals surface area contributed by atoms with Crippen molar-refractivity contribution in [3.05, 3.63) is 24.5 Å². The largest absolute Gasteiger partial charge is 0.468 e. The summed E-state index contributed by atoms with van der Waals surface area (Å²) in [5.74, 6) is -0.288. The minimum absolute atomic E-state index is 0.288. The van der Waals surface area contributed by atoms with E-state index in [9.17, 15) is 4.79 Å². The van der Waals surface area contributed by atoms with Gasteiger partial charge in [-0.05, 0) is 13.8 Å². The van der Waals surface area contributed by atoms with E-state index in [-0.39, 0.29) is 5.97 Å². The van der Waals surface area contributed by atoms with Gasteiger partial charge < -0.3 is 4.74 Å². The lowest BCUT2D eigenvalue weighted by atomic mass is 10.1. The van der Waals surface area contributed by atoms with E-state index in [1.54, 1.807) is 30.9 Å². The highest BCUT2D eigenvalue weighted by Gasteiger charge is 2.27. The maximum atomic E-state index is 11.4. The summed E-state index contributed by atoms with van der Waals surface area (Å²) in [5.41, 5.74) is 0.280. The van der Waals surface area contributed by atoms with Crippen LogP contribution in [0, 0.1) is 0 Å². The van der Waals surface area contributed by atoms with Crippen molar-refractivity contribution < 1.29 is 9.53 Å². The van der Waals surface area contributed by atoms with Gasteiger partial charge in [0.2, 0.25) is 0 Å². The van der Waals surface area contributed by atoms with Crippen LogP contribution in [0.15, 0.2) is 19.0 Å². The van der Waals surface area contributed by atoms with E-state index < -0.39 is 5.54 Å². The first kappa shape index (κ1) is 12.4. The Kier molecular flexibility index (Phi) is 3.84. The number of hydrogen-bond acceptors (Lipinski definition) is 4. The smallest absolute Gasteiger partial charge is 0.325 e. The molecule has 1 aromatic rings. The predicted octanol–water partition coefficient (Wildman–Crippen LogP) is 1.02. The lowest BCUT2D eigenvalue weighted by molar-refractivity contribution is -0.147. The highest BCUT2D eigenvalue weighted by molar-refractivity contribution is 5.79. The molecule has 0 amide bonds. The van der Waals surface area contributed by atoms with E-state index in [0.717, 1.165) is 5.56 Å². The van der Waals surface area contributed by atoms with Gasteiger partial charge in [0.25, 0.3) is 0 Å². The van der Waals surface area contributed by atoms with Crippen LogP contribution in [-0.2, 0) is 16.1 Å². The zero-order valence-corrected chi connectivity index (χ0v) is 9.86. The van der Waals surface area contributed by atoms with Gasteiger partial charge in [-0.1, -0.05) is 6.58 Å². The maximum Gasteiger partial charge on any atom is 0.325 e. The standard InChI is InChI=1S/C11H17N3O2/c1-5-14-8-9(7-13-14)6-12-11(2,3)10(15)16-4/h5,7-8,12H,1,6H2,2-4H3. The molecule has 0 unspecified atom stereocenters. The monoisotopic (exact) mass is 223 g/mol. The number of nitrogens with one attached hydrogen (secondary N) is 1. The van der Waals surface area contributed by atoms with Gasteiger partial charge in [0, 0.05) is 24.5 Å². The van der Waals surface area contributed by atoms with Crippen molar-refractivity contribution in [2.75, 3.05) is 7.11 Å². The topological polar surface area (TPSA) is 56.2 Å². The van der Waals surface area contributed by atoms with Gasteiger partial charge in [-0.25, -0.2) is 4.68 Å². The summed E-state index contributed by atoms with van der Waals surface area (Å²) in [7, 11) is 1.38. The quantitative estimate of drug-likeness (QED) is 0.757. The molecule has 0 aliphatic carbocycles. The highest BCUT2D eigenvalue weighted by atomic mass is 16.5. The average molecular weight is 223 g/mol. The van der Waals surface area contributed by atoms with Crippen LogP contribution in [0.5, 0.6) is 0 Å². The number of ether oxygens (including phenoxy) is 1. The zero-order valence-electron chi connectivity index (χ0n) is 9.86. The molecule has 1 N–H and O–H groups in total. The Balaban J connectivity index is 2.56. The van der Waals surface area contributed by atoms with Crippen LogP contribution >= 0.6 is 0 Å². The summed E-state index contributed by atoms with van der Waals surface area (Å²) in [5, 5.41) is 7.14. The molecule has 0 aromatic carbocycles. The van der Waals surface area contributed by atoms with Crippen LogP contribution in [0.3, 0.4) is 0 Å². The van der Waals surface area contributed by atoms with Crippen molar-refractivity contribution in [1.29, 1.82) is 0 Å². The molecular weight excluding hydrogens is 206 g/mol. The Morgan fingerprint density at radius 3 is 2.94 bits per heavy atom. The lowest BCUT2D eigenvalue weighted by Crippen LogP contribution is -2.46. The Hall–Kier alpha value is -1.62. The normalized spacial score (nSPS) is 11.2. The van der Waals surface area contributed by atoms with Crippen LogP contribution < -0.4 is 5.32 Å². The second kappa shape index (κ2) is 4.94. The summed E-state index contributed by atoms with van der Waals surface area (Å²) in [6.07, 6.45) is 5.17. The van der Waals surface area contributed by atoms with Gasteiger partial charge >= 0.3 is 5.97 Å². The molecule has 16 heavy (non-hydrogen) atoms. The second-order valence-corrected chi connectivity index (χ2v) is 3.98. The summed E-state index contributed by atoms with van der Waals surface area (Å²) in [4.78, 5) is 11.4. The number of methoxy groups -OCH3 is 1. The molecule has 1 rings (SSSR count). The van der Waals surface area contributed by atoms with E-state index >= 15 is 0 Å².